The number of hydrogen-bond acceptors (Lipinski definition) is 0. The smallest absolute Gasteiger partial charge is 0 e. The molecule has 0 saturated heterocycles. The van der Waals surface area contributed by atoms with Gasteiger partial charge in [-0.1, -0.05) is 111 Å². The van der Waals surface area contributed by atoms with Crippen molar-refractivity contribution in [3.8, 4) is 22.3 Å². The SMILES string of the molecule is Cc1ccc(-c2cccc3[cH-]c(C(C)C)cc23)cc1.Cc1ccc(-c2cccc3[cH-]c(C(C)C)cc23)cc1.[CH2-]C[CH2-].[Cl-].[Cl-].[Hf]. The molecule has 0 fully saturated rings. The molecular weight excluding hydrogens is 742 g/mol. The Balaban J connectivity index is 0.000000380. The zero-order valence-corrected chi connectivity index (χ0v) is 32.0. The van der Waals surface area contributed by atoms with Gasteiger partial charge in [-0.25, -0.2) is 0 Å². The van der Waals surface area contributed by atoms with E-state index in [1.165, 1.54) is 66.1 Å². The Bertz CT molecular complexity index is 1560. The van der Waals surface area contributed by atoms with Crippen LogP contribution in [0.2, 0.25) is 0 Å². The molecule has 0 radical (unpaired) electrons. The van der Waals surface area contributed by atoms with E-state index >= 15 is 0 Å². The molecule has 0 heterocycles. The topological polar surface area (TPSA) is 0 Å². The summed E-state index contributed by atoms with van der Waals surface area (Å²) in [7, 11) is 0. The molecule has 0 amide bonds. The third-order valence-electron chi connectivity index (χ3n) is 7.60. The average molecular weight is 786 g/mol. The van der Waals surface area contributed by atoms with Crippen LogP contribution >= 0.6 is 0 Å². The van der Waals surface area contributed by atoms with Crippen molar-refractivity contribution >= 4 is 21.5 Å². The molecule has 0 spiro atoms. The fourth-order valence-corrected chi connectivity index (χ4v) is 5.15. The maximum absolute atomic E-state index is 3.38. The van der Waals surface area contributed by atoms with Crippen molar-refractivity contribution in [2.75, 3.05) is 0 Å². The number of benzene rings is 4. The van der Waals surface area contributed by atoms with E-state index in [0.29, 0.717) is 11.8 Å². The summed E-state index contributed by atoms with van der Waals surface area (Å²) in [6.45, 7) is 20.0. The summed E-state index contributed by atoms with van der Waals surface area (Å²) in [5, 5.41) is 5.44. The molecule has 0 aliphatic rings. The minimum absolute atomic E-state index is 0. The normalized spacial score (nSPS) is 10.2. The molecule has 6 rings (SSSR count). The maximum atomic E-state index is 3.38. The minimum atomic E-state index is 0. The fourth-order valence-electron chi connectivity index (χ4n) is 5.15. The molecule has 232 valence electrons. The Morgan fingerprint density at radius 2 is 0.864 bits per heavy atom. The monoisotopic (exact) mass is 786 g/mol. The van der Waals surface area contributed by atoms with E-state index in [1.54, 1.807) is 0 Å². The van der Waals surface area contributed by atoms with Crippen molar-refractivity contribution < 1.29 is 50.7 Å². The van der Waals surface area contributed by atoms with E-state index in [9.17, 15) is 0 Å². The molecule has 0 aliphatic heterocycles. The number of fused-ring (bicyclic) bond motifs is 2. The van der Waals surface area contributed by atoms with Gasteiger partial charge in [0.15, 0.2) is 0 Å². The molecule has 0 aliphatic carbocycles. The number of halogens is 2. The first kappa shape index (κ1) is 39.6. The van der Waals surface area contributed by atoms with E-state index in [-0.39, 0.29) is 50.7 Å². The fraction of sp³-hybridized carbons (Fsp3) is 0.220. The molecule has 6 aromatic carbocycles. The third kappa shape index (κ3) is 9.77. The predicted octanol–water partition coefficient (Wildman–Crippen LogP) is 6.37. The largest absolute Gasteiger partial charge is 1.00 e. The summed E-state index contributed by atoms with van der Waals surface area (Å²) in [4.78, 5) is 0. The Morgan fingerprint density at radius 1 is 0.545 bits per heavy atom. The van der Waals surface area contributed by atoms with E-state index in [1.807, 2.05) is 0 Å². The third-order valence-corrected chi connectivity index (χ3v) is 7.60. The van der Waals surface area contributed by atoms with Crippen molar-refractivity contribution in [2.45, 2.75) is 59.8 Å². The second-order valence-corrected chi connectivity index (χ2v) is 11.6. The van der Waals surface area contributed by atoms with Crippen LogP contribution in [0.1, 0.15) is 68.2 Å². The molecule has 6 aromatic rings. The second-order valence-electron chi connectivity index (χ2n) is 11.6. The summed E-state index contributed by atoms with van der Waals surface area (Å²) in [6, 6.07) is 40.1. The zero-order chi connectivity index (χ0) is 29.5. The first-order valence-corrected chi connectivity index (χ1v) is 14.8. The quantitative estimate of drug-likeness (QED) is 0.144. The number of hydrogen-bond donors (Lipinski definition) is 0. The van der Waals surface area contributed by atoms with Gasteiger partial charge in [-0.15, -0.1) is 69.1 Å². The molecule has 0 bridgehead atoms. The molecular formula is C41H44Cl2Hf-6. The molecule has 0 nitrogen and oxygen atoms in total. The van der Waals surface area contributed by atoms with Crippen LogP contribution in [0, 0.1) is 27.7 Å². The van der Waals surface area contributed by atoms with Gasteiger partial charge in [0, 0.05) is 25.8 Å². The Labute approximate surface area is 297 Å². The van der Waals surface area contributed by atoms with Gasteiger partial charge < -0.3 is 45.1 Å². The van der Waals surface area contributed by atoms with Gasteiger partial charge >= 0.3 is 0 Å². The molecule has 0 N–H and O–H groups in total. The van der Waals surface area contributed by atoms with E-state index in [4.69, 9.17) is 0 Å². The number of aryl methyl sites for hydroxylation is 2. The Morgan fingerprint density at radius 3 is 1.16 bits per heavy atom. The van der Waals surface area contributed by atoms with Crippen molar-refractivity contribution in [1.82, 2.24) is 0 Å². The predicted molar refractivity (Wildman–Crippen MR) is 183 cm³/mol. The van der Waals surface area contributed by atoms with Crippen molar-refractivity contribution in [2.24, 2.45) is 0 Å². The maximum Gasteiger partial charge on any atom is 0 e. The Kier molecular flexibility index (Phi) is 16.6. The first-order valence-electron chi connectivity index (χ1n) is 14.8. The van der Waals surface area contributed by atoms with Crippen LogP contribution in [0.3, 0.4) is 0 Å². The Hall–Kier alpha value is -2.45. The van der Waals surface area contributed by atoms with Crippen molar-refractivity contribution in [3.63, 3.8) is 0 Å². The van der Waals surface area contributed by atoms with Crippen LogP contribution in [0.4, 0.5) is 0 Å². The summed E-state index contributed by atoms with van der Waals surface area (Å²) in [5.74, 6) is 1.16. The first-order chi connectivity index (χ1) is 19.7. The zero-order valence-electron chi connectivity index (χ0n) is 26.9. The molecule has 0 aromatic heterocycles. The van der Waals surface area contributed by atoms with Crippen LogP contribution in [0.25, 0.3) is 43.8 Å². The van der Waals surface area contributed by atoms with Gasteiger partial charge in [0.1, 0.15) is 0 Å². The van der Waals surface area contributed by atoms with Gasteiger partial charge in [0.25, 0.3) is 0 Å². The molecule has 0 saturated carbocycles. The number of rotatable bonds is 4. The molecule has 44 heavy (non-hydrogen) atoms. The summed E-state index contributed by atoms with van der Waals surface area (Å²) < 4.78 is 0. The van der Waals surface area contributed by atoms with Crippen molar-refractivity contribution in [1.29, 1.82) is 0 Å². The van der Waals surface area contributed by atoms with Gasteiger partial charge in [-0.05, 0) is 36.8 Å². The summed E-state index contributed by atoms with van der Waals surface area (Å²) >= 11 is 0. The van der Waals surface area contributed by atoms with Gasteiger partial charge in [0.2, 0.25) is 0 Å². The van der Waals surface area contributed by atoms with Crippen LogP contribution < -0.4 is 24.8 Å². The van der Waals surface area contributed by atoms with Gasteiger partial charge in [-0.3, -0.25) is 0 Å². The minimum Gasteiger partial charge on any atom is -1.00 e. The van der Waals surface area contributed by atoms with Crippen LogP contribution in [0.5, 0.6) is 0 Å². The van der Waals surface area contributed by atoms with Crippen LogP contribution in [0.15, 0.2) is 109 Å². The van der Waals surface area contributed by atoms with E-state index in [2.05, 4.69) is 165 Å². The van der Waals surface area contributed by atoms with E-state index < -0.39 is 0 Å². The van der Waals surface area contributed by atoms with Crippen LogP contribution in [-0.2, 0) is 25.8 Å². The van der Waals surface area contributed by atoms with Crippen LogP contribution in [-0.4, -0.2) is 0 Å². The molecule has 3 heteroatoms. The van der Waals surface area contributed by atoms with Crippen molar-refractivity contribution in [3.05, 3.63) is 145 Å². The average Bonchev–Trinajstić information content (AvgIpc) is 3.60. The molecule has 0 unspecified atom stereocenters. The molecule has 0 atom stereocenters. The van der Waals surface area contributed by atoms with Gasteiger partial charge in [-0.2, -0.15) is 12.1 Å². The standard InChI is InChI=1S/2C19H19.C3H6.2ClH.Hf/c2*1-13(2)17-11-16-5-4-6-18(19(16)12-17)15-9-7-14(3)8-10-15;1-3-2;;;/h2*4-13H,1-3H3;1-3H2;2*1H;/q2*-1;-2;;;/p-2. The van der Waals surface area contributed by atoms with Gasteiger partial charge in [0.05, 0.1) is 0 Å². The second kappa shape index (κ2) is 18.5. The summed E-state index contributed by atoms with van der Waals surface area (Å²) in [5.41, 5.74) is 10.7. The summed E-state index contributed by atoms with van der Waals surface area (Å²) in [6.07, 6.45) is 0.750. The van der Waals surface area contributed by atoms with E-state index in [0.717, 1.165) is 6.42 Å².